The molecule has 0 radical (unpaired) electrons. The van der Waals surface area contributed by atoms with Gasteiger partial charge in [-0.1, -0.05) is 18.9 Å². The zero-order chi connectivity index (χ0) is 21.7. The number of allylic oxidation sites excluding steroid dienone is 1. The van der Waals surface area contributed by atoms with E-state index < -0.39 is 11.1 Å². The van der Waals surface area contributed by atoms with Gasteiger partial charge in [-0.2, -0.15) is 0 Å². The van der Waals surface area contributed by atoms with Crippen LogP contribution in [0.3, 0.4) is 0 Å². The molecule has 0 unspecified atom stereocenters. The van der Waals surface area contributed by atoms with E-state index in [2.05, 4.69) is 6.58 Å². The molecule has 0 aromatic heterocycles. The summed E-state index contributed by atoms with van der Waals surface area (Å²) in [4.78, 5) is 40.8. The van der Waals surface area contributed by atoms with Crippen molar-refractivity contribution in [2.75, 3.05) is 26.7 Å². The first-order valence-corrected chi connectivity index (χ1v) is 10.8. The third kappa shape index (κ3) is 4.87. The molecule has 160 valence electrons. The van der Waals surface area contributed by atoms with Crippen molar-refractivity contribution in [2.24, 2.45) is 0 Å². The van der Waals surface area contributed by atoms with Gasteiger partial charge in [-0.15, -0.1) is 6.58 Å². The lowest BCUT2D eigenvalue weighted by atomic mass is 10.1. The zero-order valence-electron chi connectivity index (χ0n) is 17.1. The Morgan fingerprint density at radius 3 is 2.57 bits per heavy atom. The molecule has 2 heterocycles. The lowest BCUT2D eigenvalue weighted by molar-refractivity contribution is -0.135. The molecule has 1 aromatic rings. The molecule has 2 aliphatic heterocycles. The number of hydrogen-bond acceptors (Lipinski definition) is 6. The van der Waals surface area contributed by atoms with Gasteiger partial charge in [0.1, 0.15) is 6.54 Å². The Bertz CT molecular complexity index is 888. The minimum Gasteiger partial charge on any atom is -0.504 e. The molecule has 0 saturated carbocycles. The van der Waals surface area contributed by atoms with Crippen molar-refractivity contribution >= 4 is 34.9 Å². The summed E-state index contributed by atoms with van der Waals surface area (Å²) in [6.45, 7) is 4.78. The average molecular weight is 431 g/mol. The Labute approximate surface area is 180 Å². The monoisotopic (exact) mass is 430 g/mol. The highest BCUT2D eigenvalue weighted by atomic mass is 32.2. The van der Waals surface area contributed by atoms with Gasteiger partial charge in [0.15, 0.2) is 11.5 Å². The van der Waals surface area contributed by atoms with Gasteiger partial charge in [0.2, 0.25) is 5.91 Å². The predicted molar refractivity (Wildman–Crippen MR) is 116 cm³/mol. The summed E-state index contributed by atoms with van der Waals surface area (Å²) < 4.78 is 5.20. The maximum atomic E-state index is 12.8. The van der Waals surface area contributed by atoms with Crippen molar-refractivity contribution in [3.8, 4) is 11.5 Å². The Balaban J connectivity index is 1.78. The molecule has 3 amide bonds. The van der Waals surface area contributed by atoms with Crippen LogP contribution in [0.25, 0.3) is 6.08 Å². The predicted octanol–water partition coefficient (Wildman–Crippen LogP) is 3.57. The van der Waals surface area contributed by atoms with Gasteiger partial charge >= 0.3 is 0 Å². The Morgan fingerprint density at radius 2 is 1.93 bits per heavy atom. The van der Waals surface area contributed by atoms with Gasteiger partial charge in [-0.3, -0.25) is 19.3 Å². The number of likely N-dealkylation sites (tertiary alicyclic amines) is 1. The molecule has 8 heteroatoms. The van der Waals surface area contributed by atoms with E-state index >= 15 is 0 Å². The van der Waals surface area contributed by atoms with Crippen molar-refractivity contribution < 1.29 is 24.2 Å². The van der Waals surface area contributed by atoms with E-state index in [4.69, 9.17) is 4.74 Å². The highest BCUT2D eigenvalue weighted by molar-refractivity contribution is 8.18. The van der Waals surface area contributed by atoms with Crippen LogP contribution in [0.4, 0.5) is 4.79 Å². The van der Waals surface area contributed by atoms with Crippen LogP contribution in [-0.4, -0.2) is 58.7 Å². The van der Waals surface area contributed by atoms with Crippen molar-refractivity contribution in [3.05, 3.63) is 40.8 Å². The summed E-state index contributed by atoms with van der Waals surface area (Å²) in [5.41, 5.74) is 1.22. The number of ether oxygens (including phenoxy) is 1. The number of thioether (sulfide) groups is 1. The van der Waals surface area contributed by atoms with Crippen LogP contribution in [0.1, 0.15) is 36.8 Å². The fourth-order valence-corrected chi connectivity index (χ4v) is 4.42. The number of amides is 3. The fourth-order valence-electron chi connectivity index (χ4n) is 3.58. The maximum absolute atomic E-state index is 12.8. The molecule has 1 N–H and O–H groups in total. The molecular weight excluding hydrogens is 404 g/mol. The molecule has 2 aliphatic rings. The van der Waals surface area contributed by atoms with Crippen molar-refractivity contribution in [1.82, 2.24) is 9.80 Å². The SMILES string of the molecule is C=CCc1cc(/C=C2/SC(=O)N(CC(=O)N3CCCCCC3)C2=O)cc(OC)c1O. The van der Waals surface area contributed by atoms with Crippen LogP contribution in [0.15, 0.2) is 29.7 Å². The minimum absolute atomic E-state index is 0.0192. The van der Waals surface area contributed by atoms with Gasteiger partial charge in [0, 0.05) is 18.7 Å². The number of imide groups is 1. The number of phenolic OH excluding ortho intramolecular Hbond substituents is 1. The molecule has 2 fully saturated rings. The van der Waals surface area contributed by atoms with Crippen LogP contribution in [0.2, 0.25) is 0 Å². The average Bonchev–Trinajstić information content (AvgIpc) is 2.93. The van der Waals surface area contributed by atoms with E-state index in [-0.39, 0.29) is 28.9 Å². The first-order chi connectivity index (χ1) is 14.4. The summed E-state index contributed by atoms with van der Waals surface area (Å²) >= 11 is 0.811. The lowest BCUT2D eigenvalue weighted by Crippen LogP contribution is -2.42. The molecule has 0 bridgehead atoms. The first-order valence-electron chi connectivity index (χ1n) is 9.98. The zero-order valence-corrected chi connectivity index (χ0v) is 17.9. The first kappa shape index (κ1) is 22.0. The highest BCUT2D eigenvalue weighted by Crippen LogP contribution is 2.36. The number of hydrogen-bond donors (Lipinski definition) is 1. The second-order valence-electron chi connectivity index (χ2n) is 7.29. The number of nitrogens with zero attached hydrogens (tertiary/aromatic N) is 2. The summed E-state index contributed by atoms with van der Waals surface area (Å²) in [6.07, 6.45) is 7.74. The third-order valence-corrected chi connectivity index (χ3v) is 6.09. The van der Waals surface area contributed by atoms with E-state index in [1.54, 1.807) is 29.2 Å². The van der Waals surface area contributed by atoms with Crippen molar-refractivity contribution in [3.63, 3.8) is 0 Å². The molecule has 0 atom stereocenters. The number of carbonyl (C=O) groups excluding carboxylic acids is 3. The van der Waals surface area contributed by atoms with Crippen LogP contribution >= 0.6 is 11.8 Å². The quantitative estimate of drug-likeness (QED) is 0.548. The van der Waals surface area contributed by atoms with Gasteiger partial charge in [-0.25, -0.2) is 0 Å². The second kappa shape index (κ2) is 9.84. The Morgan fingerprint density at radius 1 is 1.23 bits per heavy atom. The molecule has 3 rings (SSSR count). The largest absolute Gasteiger partial charge is 0.504 e. The van der Waals surface area contributed by atoms with Gasteiger partial charge in [-0.05, 0) is 54.8 Å². The summed E-state index contributed by atoms with van der Waals surface area (Å²) in [5.74, 6) is -0.382. The Kier molecular flexibility index (Phi) is 7.20. The fraction of sp³-hybridized carbons (Fsp3) is 0.409. The number of methoxy groups -OCH3 is 1. The van der Waals surface area contributed by atoms with E-state index in [0.29, 0.717) is 30.6 Å². The van der Waals surface area contributed by atoms with Gasteiger partial charge in [0.25, 0.3) is 11.1 Å². The standard InChI is InChI=1S/C22H26N2O5S/c1-3-8-16-11-15(12-17(29-2)20(16)26)13-18-21(27)24(22(28)30-18)14-19(25)23-9-6-4-5-7-10-23/h3,11-13,26H,1,4-10,14H2,2H3/b18-13+. The highest BCUT2D eigenvalue weighted by Gasteiger charge is 2.37. The summed E-state index contributed by atoms with van der Waals surface area (Å²) in [7, 11) is 1.44. The van der Waals surface area contributed by atoms with Crippen molar-refractivity contribution in [1.29, 1.82) is 0 Å². The summed E-state index contributed by atoms with van der Waals surface area (Å²) in [6, 6.07) is 3.31. The van der Waals surface area contributed by atoms with E-state index in [9.17, 15) is 19.5 Å². The molecule has 7 nitrogen and oxygen atoms in total. The number of aromatic hydroxyl groups is 1. The maximum Gasteiger partial charge on any atom is 0.294 e. The lowest BCUT2D eigenvalue weighted by Gasteiger charge is -2.22. The minimum atomic E-state index is -0.481. The number of benzene rings is 1. The molecule has 2 saturated heterocycles. The normalized spacial score (nSPS) is 18.6. The van der Waals surface area contributed by atoms with E-state index in [1.807, 2.05) is 0 Å². The molecule has 0 aliphatic carbocycles. The number of phenols is 1. The molecule has 0 spiro atoms. The van der Waals surface area contributed by atoms with Gasteiger partial charge < -0.3 is 14.7 Å². The van der Waals surface area contributed by atoms with Gasteiger partial charge in [0.05, 0.1) is 12.0 Å². The van der Waals surface area contributed by atoms with E-state index in [1.165, 1.54) is 7.11 Å². The van der Waals surface area contributed by atoms with Crippen LogP contribution in [-0.2, 0) is 16.0 Å². The van der Waals surface area contributed by atoms with Crippen LogP contribution in [0, 0.1) is 0 Å². The smallest absolute Gasteiger partial charge is 0.294 e. The number of carbonyl (C=O) groups is 3. The summed E-state index contributed by atoms with van der Waals surface area (Å²) in [5, 5.41) is 9.76. The molecule has 1 aromatic carbocycles. The Hall–Kier alpha value is -2.74. The number of rotatable bonds is 6. The van der Waals surface area contributed by atoms with Crippen LogP contribution < -0.4 is 4.74 Å². The van der Waals surface area contributed by atoms with E-state index in [0.717, 1.165) is 42.3 Å². The second-order valence-corrected chi connectivity index (χ2v) is 8.28. The van der Waals surface area contributed by atoms with Crippen LogP contribution in [0.5, 0.6) is 11.5 Å². The molecular formula is C22H26N2O5S. The molecule has 30 heavy (non-hydrogen) atoms. The topological polar surface area (TPSA) is 87.2 Å². The third-order valence-electron chi connectivity index (χ3n) is 5.18. The van der Waals surface area contributed by atoms with Crippen molar-refractivity contribution in [2.45, 2.75) is 32.1 Å².